The zero-order valence-electron chi connectivity index (χ0n) is 18.4. The van der Waals surface area contributed by atoms with Crippen molar-refractivity contribution in [3.63, 3.8) is 0 Å². The molecule has 2 aliphatic rings. The van der Waals surface area contributed by atoms with Crippen molar-refractivity contribution in [1.82, 2.24) is 0 Å². The van der Waals surface area contributed by atoms with E-state index >= 15 is 0 Å². The number of fused-ring (bicyclic) bond motifs is 1. The SMILES string of the molecule is COc1ccc(C(F)(F)F)cc1NC1=CCC(N)(S(=O)(=O)[O-])C2=C1C(=O)c1ccccc1C2=O.[Na+]. The molecule has 13 heteroatoms. The van der Waals surface area contributed by atoms with Crippen molar-refractivity contribution < 1.29 is 70.0 Å². The number of allylic oxidation sites excluding steroid dienone is 1. The van der Waals surface area contributed by atoms with Crippen LogP contribution in [-0.2, 0) is 16.3 Å². The van der Waals surface area contributed by atoms with Gasteiger partial charge in [0.1, 0.15) is 20.7 Å². The molecule has 0 spiro atoms. The Morgan fingerprint density at radius 2 is 1.69 bits per heavy atom. The second kappa shape index (κ2) is 9.19. The Morgan fingerprint density at radius 1 is 1.09 bits per heavy atom. The third-order valence-corrected chi connectivity index (χ3v) is 6.93. The summed E-state index contributed by atoms with van der Waals surface area (Å²) in [6.45, 7) is 0. The molecular formula is C22H16F3N2NaO6S. The Labute approximate surface area is 220 Å². The van der Waals surface area contributed by atoms with Crippen LogP contribution in [0.2, 0.25) is 0 Å². The van der Waals surface area contributed by atoms with Crippen molar-refractivity contribution in [3.8, 4) is 5.75 Å². The van der Waals surface area contributed by atoms with E-state index in [0.717, 1.165) is 24.3 Å². The van der Waals surface area contributed by atoms with Crippen molar-refractivity contribution >= 4 is 27.4 Å². The minimum Gasteiger partial charge on any atom is -0.746 e. The van der Waals surface area contributed by atoms with Crippen LogP contribution >= 0.6 is 0 Å². The number of carbonyl (C=O) groups excluding carboxylic acids is 2. The summed E-state index contributed by atoms with van der Waals surface area (Å²) < 4.78 is 81.1. The summed E-state index contributed by atoms with van der Waals surface area (Å²) in [4.78, 5) is 23.8. The van der Waals surface area contributed by atoms with Gasteiger partial charge in [0.05, 0.1) is 23.9 Å². The smallest absolute Gasteiger partial charge is 0.746 e. The third-order valence-electron chi connectivity index (χ3n) is 5.66. The van der Waals surface area contributed by atoms with Crippen LogP contribution in [-0.4, -0.2) is 36.5 Å². The predicted molar refractivity (Wildman–Crippen MR) is 113 cm³/mol. The summed E-state index contributed by atoms with van der Waals surface area (Å²) >= 11 is 0. The first kappa shape index (κ1) is 27.1. The fourth-order valence-electron chi connectivity index (χ4n) is 3.96. The van der Waals surface area contributed by atoms with Crippen LogP contribution in [0.15, 0.2) is 65.4 Å². The van der Waals surface area contributed by atoms with Crippen molar-refractivity contribution in [1.29, 1.82) is 0 Å². The van der Waals surface area contributed by atoms with Gasteiger partial charge in [-0.05, 0) is 18.2 Å². The molecule has 35 heavy (non-hydrogen) atoms. The van der Waals surface area contributed by atoms with Gasteiger partial charge in [-0.2, -0.15) is 13.2 Å². The number of rotatable bonds is 4. The van der Waals surface area contributed by atoms with Gasteiger partial charge in [-0.25, -0.2) is 8.42 Å². The van der Waals surface area contributed by atoms with Crippen LogP contribution < -0.4 is 45.3 Å². The molecule has 4 rings (SSSR count). The van der Waals surface area contributed by atoms with Crippen molar-refractivity contribution in [2.75, 3.05) is 12.4 Å². The molecule has 8 nitrogen and oxygen atoms in total. The van der Waals surface area contributed by atoms with Gasteiger partial charge in [0, 0.05) is 28.8 Å². The number of ether oxygens (including phenoxy) is 1. The molecule has 0 heterocycles. The molecule has 0 aliphatic heterocycles. The zero-order chi connectivity index (χ0) is 25.1. The summed E-state index contributed by atoms with van der Waals surface area (Å²) in [6.07, 6.45) is -4.29. The van der Waals surface area contributed by atoms with E-state index in [1.165, 1.54) is 31.4 Å². The molecule has 2 aromatic carbocycles. The van der Waals surface area contributed by atoms with Crippen molar-refractivity contribution in [2.45, 2.75) is 17.5 Å². The summed E-state index contributed by atoms with van der Waals surface area (Å²) in [6, 6.07) is 8.14. The standard InChI is InChI=1S/C22H17F3N2O6S.Na/c1-33-16-7-6-11(22(23,24)25)10-15(16)27-14-8-9-21(26,34(30,31)32)18-17(14)19(28)12-4-2-3-5-13(12)20(18)29;/h2-8,10,27H,9,26H2,1H3,(H,30,31,32);/q;+1/p-1. The minimum atomic E-state index is -5.34. The Balaban J connectivity index is 0.00000342. The number of benzene rings is 2. The Morgan fingerprint density at radius 3 is 2.23 bits per heavy atom. The Kier molecular flexibility index (Phi) is 7.12. The van der Waals surface area contributed by atoms with Crippen molar-refractivity contribution in [2.24, 2.45) is 5.73 Å². The van der Waals surface area contributed by atoms with E-state index in [1.807, 2.05) is 0 Å². The number of hydrogen-bond acceptors (Lipinski definition) is 8. The zero-order valence-corrected chi connectivity index (χ0v) is 21.2. The number of nitrogens with two attached hydrogens (primary N) is 1. The van der Waals surface area contributed by atoms with Gasteiger partial charge in [-0.1, -0.05) is 30.3 Å². The summed E-state index contributed by atoms with van der Waals surface area (Å²) in [5.41, 5.74) is 3.07. The van der Waals surface area contributed by atoms with E-state index in [4.69, 9.17) is 10.5 Å². The summed E-state index contributed by atoms with van der Waals surface area (Å²) in [7, 11) is -4.12. The van der Waals surface area contributed by atoms with E-state index < -0.39 is 55.9 Å². The average molecular weight is 516 g/mol. The van der Waals surface area contributed by atoms with Crippen LogP contribution in [0.1, 0.15) is 32.7 Å². The van der Waals surface area contributed by atoms with Gasteiger partial charge in [-0.3, -0.25) is 9.59 Å². The molecule has 178 valence electrons. The van der Waals surface area contributed by atoms with E-state index in [-0.39, 0.29) is 57.8 Å². The molecule has 0 radical (unpaired) electrons. The van der Waals surface area contributed by atoms with Crippen LogP contribution in [0.3, 0.4) is 0 Å². The number of carbonyl (C=O) groups is 2. The molecule has 0 saturated heterocycles. The number of ketones is 2. The maximum Gasteiger partial charge on any atom is 1.00 e. The number of alkyl halides is 3. The number of halogens is 3. The van der Waals surface area contributed by atoms with Crippen LogP contribution in [0.25, 0.3) is 0 Å². The van der Waals surface area contributed by atoms with E-state index in [0.29, 0.717) is 0 Å². The largest absolute Gasteiger partial charge is 1.00 e. The molecule has 1 unspecified atom stereocenters. The van der Waals surface area contributed by atoms with Gasteiger partial charge >= 0.3 is 35.7 Å². The Hall–Kier alpha value is -2.48. The third kappa shape index (κ3) is 4.46. The number of anilines is 1. The number of nitrogens with one attached hydrogen (secondary N) is 1. The molecule has 3 N–H and O–H groups in total. The predicted octanol–water partition coefficient (Wildman–Crippen LogP) is -0.00650. The molecule has 0 fully saturated rings. The topological polar surface area (TPSA) is 139 Å². The quantitative estimate of drug-likeness (QED) is 0.428. The molecule has 0 bridgehead atoms. The molecule has 0 amide bonds. The molecule has 1 atom stereocenters. The van der Waals surface area contributed by atoms with Crippen LogP contribution in [0.4, 0.5) is 18.9 Å². The van der Waals surface area contributed by atoms with Gasteiger partial charge in [0.25, 0.3) is 0 Å². The molecule has 2 aromatic rings. The molecule has 0 aromatic heterocycles. The molecule has 2 aliphatic carbocycles. The van der Waals surface area contributed by atoms with E-state index in [1.54, 1.807) is 0 Å². The summed E-state index contributed by atoms with van der Waals surface area (Å²) in [5, 5.41) is 2.64. The maximum atomic E-state index is 13.3. The maximum absolute atomic E-state index is 13.3. The fraction of sp³-hybridized carbons (Fsp3) is 0.182. The van der Waals surface area contributed by atoms with E-state index in [9.17, 15) is 35.7 Å². The Bertz CT molecular complexity index is 1420. The fourth-order valence-corrected chi connectivity index (χ4v) is 4.69. The first-order chi connectivity index (χ1) is 15.8. The second-order valence-electron chi connectivity index (χ2n) is 7.66. The molecule has 0 saturated carbocycles. The second-order valence-corrected chi connectivity index (χ2v) is 9.29. The number of hydrogen-bond donors (Lipinski definition) is 2. The number of methoxy groups -OCH3 is 1. The van der Waals surface area contributed by atoms with Gasteiger partial charge in [0.15, 0.2) is 11.6 Å². The molecular weight excluding hydrogens is 500 g/mol. The van der Waals surface area contributed by atoms with Crippen molar-refractivity contribution in [3.05, 3.63) is 82.1 Å². The van der Waals surface area contributed by atoms with E-state index in [2.05, 4.69) is 5.32 Å². The summed E-state index contributed by atoms with van der Waals surface area (Å²) in [5.74, 6) is -1.77. The monoisotopic (exact) mass is 516 g/mol. The first-order valence-electron chi connectivity index (χ1n) is 9.70. The van der Waals surface area contributed by atoms with Crippen LogP contribution in [0, 0.1) is 0 Å². The first-order valence-corrected chi connectivity index (χ1v) is 11.1. The van der Waals surface area contributed by atoms with Gasteiger partial charge in [0.2, 0.25) is 0 Å². The van der Waals surface area contributed by atoms with Crippen LogP contribution in [0.5, 0.6) is 5.75 Å². The van der Waals surface area contributed by atoms with Gasteiger partial charge < -0.3 is 20.3 Å². The average Bonchev–Trinajstić information content (AvgIpc) is 2.77. The minimum absolute atomic E-state index is 0. The normalized spacial score (nSPS) is 19.9. The van der Waals surface area contributed by atoms with Gasteiger partial charge in [-0.15, -0.1) is 0 Å². The number of Topliss-reactive ketones (excluding diaryl/α,β-unsaturated/α-hetero) is 2.